The molecule has 0 bridgehead atoms. The third kappa shape index (κ3) is 3.05. The second kappa shape index (κ2) is 5.46. The molecule has 2 rings (SSSR count). The highest BCUT2D eigenvalue weighted by Crippen LogP contribution is 2.26. The molecule has 0 saturated carbocycles. The van der Waals surface area contributed by atoms with Gasteiger partial charge in [0.15, 0.2) is 0 Å². The highest BCUT2D eigenvalue weighted by Gasteiger charge is 2.24. The maximum atomic E-state index is 11.1. The Balaban J connectivity index is 2.39. The molecule has 1 aromatic rings. The van der Waals surface area contributed by atoms with E-state index in [1.165, 1.54) is 12.1 Å². The molecule has 1 heterocycles. The van der Waals surface area contributed by atoms with Gasteiger partial charge in [0, 0.05) is 30.9 Å². The highest BCUT2D eigenvalue weighted by molar-refractivity contribution is 5.90. The van der Waals surface area contributed by atoms with Gasteiger partial charge in [0.1, 0.15) is 0 Å². The quantitative estimate of drug-likeness (QED) is 0.671. The maximum absolute atomic E-state index is 11.1. The molecule has 0 spiro atoms. The molecule has 0 amide bonds. The minimum Gasteiger partial charge on any atom is -0.478 e. The molecule has 1 aromatic carbocycles. The first-order valence-electron chi connectivity index (χ1n) is 6.30. The first-order chi connectivity index (χ1) is 9.36. The summed E-state index contributed by atoms with van der Waals surface area (Å²) in [6, 6.07) is 3.93. The second-order valence-corrected chi connectivity index (χ2v) is 4.96. The topological polar surface area (TPSA) is 92.9 Å². The van der Waals surface area contributed by atoms with Crippen molar-refractivity contribution >= 4 is 17.3 Å². The van der Waals surface area contributed by atoms with Crippen LogP contribution in [0.4, 0.5) is 11.4 Å². The third-order valence-corrected chi connectivity index (χ3v) is 3.15. The summed E-state index contributed by atoms with van der Waals surface area (Å²) in [5.41, 5.74) is 0.242. The van der Waals surface area contributed by atoms with E-state index in [1.807, 2.05) is 18.7 Å². The number of carboxylic acid groups (broad SMARTS) is 1. The molecule has 108 valence electrons. The van der Waals surface area contributed by atoms with E-state index in [1.54, 1.807) is 0 Å². The van der Waals surface area contributed by atoms with E-state index in [4.69, 9.17) is 9.84 Å². The number of carboxylic acids is 1. The molecular formula is C13H16N2O5. The lowest BCUT2D eigenvalue weighted by atomic mass is 10.1. The summed E-state index contributed by atoms with van der Waals surface area (Å²) < 4.78 is 5.60. The van der Waals surface area contributed by atoms with Crippen molar-refractivity contribution < 1.29 is 19.6 Å². The molecule has 1 fully saturated rings. The van der Waals surface area contributed by atoms with Crippen molar-refractivity contribution in [3.05, 3.63) is 33.9 Å². The minimum absolute atomic E-state index is 0.00806. The molecule has 0 radical (unpaired) electrons. The summed E-state index contributed by atoms with van der Waals surface area (Å²) in [6.07, 6.45) is -0.0161. The van der Waals surface area contributed by atoms with E-state index in [9.17, 15) is 14.9 Å². The van der Waals surface area contributed by atoms with Gasteiger partial charge in [0.2, 0.25) is 0 Å². The number of morpholine rings is 1. The van der Waals surface area contributed by atoms with E-state index in [0.29, 0.717) is 18.8 Å². The van der Waals surface area contributed by atoms with Crippen LogP contribution in [0.1, 0.15) is 24.2 Å². The summed E-state index contributed by atoms with van der Waals surface area (Å²) >= 11 is 0. The Morgan fingerprint density at radius 2 is 1.95 bits per heavy atom. The van der Waals surface area contributed by atoms with Crippen LogP contribution >= 0.6 is 0 Å². The van der Waals surface area contributed by atoms with Crippen molar-refractivity contribution in [1.82, 2.24) is 0 Å². The van der Waals surface area contributed by atoms with Crippen LogP contribution in [0.2, 0.25) is 0 Å². The largest absolute Gasteiger partial charge is 0.478 e. The van der Waals surface area contributed by atoms with Gasteiger partial charge in [-0.3, -0.25) is 10.1 Å². The number of carbonyl (C=O) groups is 1. The fourth-order valence-corrected chi connectivity index (χ4v) is 2.40. The van der Waals surface area contributed by atoms with E-state index >= 15 is 0 Å². The SMILES string of the molecule is C[C@@H]1CN(c2cc(C(=O)O)cc([N+](=O)[O-])c2)C[C@H](C)O1. The lowest BCUT2D eigenvalue weighted by molar-refractivity contribution is -0.384. The van der Waals surface area contributed by atoms with Crippen molar-refractivity contribution in [2.45, 2.75) is 26.1 Å². The van der Waals surface area contributed by atoms with Crippen molar-refractivity contribution in [2.24, 2.45) is 0 Å². The maximum Gasteiger partial charge on any atom is 0.336 e. The number of hydrogen-bond donors (Lipinski definition) is 1. The molecule has 7 heteroatoms. The molecule has 0 unspecified atom stereocenters. The minimum atomic E-state index is -1.18. The molecule has 0 aromatic heterocycles. The van der Waals surface area contributed by atoms with Gasteiger partial charge in [0.05, 0.1) is 22.7 Å². The number of benzene rings is 1. The fraction of sp³-hybridized carbons (Fsp3) is 0.462. The van der Waals surface area contributed by atoms with Gasteiger partial charge in [0.25, 0.3) is 5.69 Å². The number of ether oxygens (including phenoxy) is 1. The third-order valence-electron chi connectivity index (χ3n) is 3.15. The number of nitro benzene ring substituents is 1. The summed E-state index contributed by atoms with van der Waals surface area (Å²) in [5.74, 6) is -1.18. The Labute approximate surface area is 115 Å². The second-order valence-electron chi connectivity index (χ2n) is 4.96. The Kier molecular flexibility index (Phi) is 3.89. The van der Waals surface area contributed by atoms with Crippen LogP contribution in [0.15, 0.2) is 18.2 Å². The average molecular weight is 280 g/mol. The first kappa shape index (κ1) is 14.3. The number of rotatable bonds is 3. The zero-order chi connectivity index (χ0) is 14.9. The fourth-order valence-electron chi connectivity index (χ4n) is 2.40. The Bertz CT molecular complexity index is 503. The van der Waals surface area contributed by atoms with E-state index in [-0.39, 0.29) is 23.5 Å². The predicted octanol–water partition coefficient (Wildman–Crippen LogP) is 1.91. The molecule has 0 aliphatic carbocycles. The number of non-ortho nitro benzene ring substituents is 1. The van der Waals surface area contributed by atoms with Crippen molar-refractivity contribution in [2.75, 3.05) is 18.0 Å². The lowest BCUT2D eigenvalue weighted by Crippen LogP contribution is -2.45. The standard InChI is InChI=1S/C13H16N2O5/c1-8-6-14(7-9(2)20-8)11-3-10(13(16)17)4-12(5-11)15(18)19/h3-5,8-9H,6-7H2,1-2H3,(H,16,17)/t8-,9+. The van der Waals surface area contributed by atoms with Crippen molar-refractivity contribution in [3.8, 4) is 0 Å². The van der Waals surface area contributed by atoms with Gasteiger partial charge in [-0.05, 0) is 19.9 Å². The van der Waals surface area contributed by atoms with Crippen LogP contribution in [0, 0.1) is 10.1 Å². The Morgan fingerprint density at radius 3 is 2.45 bits per heavy atom. The Hall–Kier alpha value is -2.15. The molecule has 1 aliphatic heterocycles. The first-order valence-corrected chi connectivity index (χ1v) is 6.30. The lowest BCUT2D eigenvalue weighted by Gasteiger charge is -2.36. The summed E-state index contributed by atoms with van der Waals surface area (Å²) in [7, 11) is 0. The number of aromatic carboxylic acids is 1. The van der Waals surface area contributed by atoms with Crippen LogP contribution in [-0.4, -0.2) is 41.3 Å². The zero-order valence-corrected chi connectivity index (χ0v) is 11.3. The molecule has 2 atom stereocenters. The summed E-state index contributed by atoms with van der Waals surface area (Å²) in [5, 5.41) is 20.0. The molecular weight excluding hydrogens is 264 g/mol. The average Bonchev–Trinajstić information content (AvgIpc) is 2.36. The van der Waals surface area contributed by atoms with Crippen molar-refractivity contribution in [1.29, 1.82) is 0 Å². The summed E-state index contributed by atoms with van der Waals surface area (Å²) in [6.45, 7) is 4.98. The Morgan fingerprint density at radius 1 is 1.35 bits per heavy atom. The number of hydrogen-bond acceptors (Lipinski definition) is 5. The van der Waals surface area contributed by atoms with Gasteiger partial charge >= 0.3 is 5.97 Å². The van der Waals surface area contributed by atoms with Crippen LogP contribution in [-0.2, 0) is 4.74 Å². The highest BCUT2D eigenvalue weighted by atomic mass is 16.6. The van der Waals surface area contributed by atoms with Crippen LogP contribution in [0.3, 0.4) is 0 Å². The summed E-state index contributed by atoms with van der Waals surface area (Å²) in [4.78, 5) is 23.3. The van der Waals surface area contributed by atoms with E-state index in [0.717, 1.165) is 6.07 Å². The monoisotopic (exact) mass is 280 g/mol. The van der Waals surface area contributed by atoms with Gasteiger partial charge in [-0.25, -0.2) is 4.79 Å². The molecule has 1 N–H and O–H groups in total. The van der Waals surface area contributed by atoms with Gasteiger partial charge in [-0.15, -0.1) is 0 Å². The molecule has 7 nitrogen and oxygen atoms in total. The normalized spacial score (nSPS) is 22.6. The predicted molar refractivity (Wildman–Crippen MR) is 72.3 cm³/mol. The van der Waals surface area contributed by atoms with Crippen LogP contribution < -0.4 is 4.90 Å². The molecule has 1 saturated heterocycles. The zero-order valence-electron chi connectivity index (χ0n) is 11.3. The number of anilines is 1. The number of nitrogens with zero attached hydrogens (tertiary/aromatic N) is 2. The van der Waals surface area contributed by atoms with Gasteiger partial charge in [-0.1, -0.05) is 0 Å². The van der Waals surface area contributed by atoms with Gasteiger partial charge in [-0.2, -0.15) is 0 Å². The van der Waals surface area contributed by atoms with E-state index < -0.39 is 10.9 Å². The van der Waals surface area contributed by atoms with Crippen LogP contribution in [0.5, 0.6) is 0 Å². The smallest absolute Gasteiger partial charge is 0.336 e. The number of nitro groups is 1. The van der Waals surface area contributed by atoms with E-state index in [2.05, 4.69) is 0 Å². The van der Waals surface area contributed by atoms with Crippen LogP contribution in [0.25, 0.3) is 0 Å². The van der Waals surface area contributed by atoms with Crippen molar-refractivity contribution in [3.63, 3.8) is 0 Å². The van der Waals surface area contributed by atoms with Gasteiger partial charge < -0.3 is 14.7 Å². The molecule has 20 heavy (non-hydrogen) atoms. The molecule has 1 aliphatic rings.